The average molecular weight is 267 g/mol. The maximum Gasteiger partial charge on any atom is 0.415 e. The number of aliphatic hydroxyl groups excluding tert-OH is 1. The zero-order chi connectivity index (χ0) is 12.9. The van der Waals surface area contributed by atoms with Crippen LogP contribution < -0.4 is 4.74 Å². The van der Waals surface area contributed by atoms with E-state index in [0.29, 0.717) is 17.3 Å². The van der Waals surface area contributed by atoms with Gasteiger partial charge in [0.2, 0.25) is 5.88 Å². The number of halogens is 3. The van der Waals surface area contributed by atoms with Gasteiger partial charge in [0.25, 0.3) is 0 Å². The molecule has 1 N–H and O–H groups in total. The molecule has 0 fully saturated rings. The van der Waals surface area contributed by atoms with Crippen molar-refractivity contribution >= 4 is 11.8 Å². The van der Waals surface area contributed by atoms with Crippen molar-refractivity contribution in [3.63, 3.8) is 0 Å². The normalized spacial score (nSPS) is 13.5. The molecule has 7 heteroatoms. The van der Waals surface area contributed by atoms with E-state index in [9.17, 15) is 13.2 Å². The molecule has 17 heavy (non-hydrogen) atoms. The van der Waals surface area contributed by atoms with Gasteiger partial charge in [-0.2, -0.15) is 24.9 Å². The molecule has 0 radical (unpaired) electrons. The monoisotopic (exact) mass is 267 g/mol. The lowest BCUT2D eigenvalue weighted by molar-refractivity contribution is -0.195. The first kappa shape index (κ1) is 14.1. The third-order valence-corrected chi connectivity index (χ3v) is 2.95. The van der Waals surface area contributed by atoms with Gasteiger partial charge >= 0.3 is 6.18 Å². The van der Waals surface area contributed by atoms with Crippen LogP contribution in [0.2, 0.25) is 0 Å². The molecule has 0 aliphatic rings. The fraction of sp³-hybridized carbons (Fsp3) is 0.500. The molecule has 0 unspecified atom stereocenters. The Morgan fingerprint density at radius 3 is 2.76 bits per heavy atom. The van der Waals surface area contributed by atoms with Crippen molar-refractivity contribution in [2.45, 2.75) is 18.0 Å². The minimum Gasteiger partial charge on any atom is -0.481 e. The van der Waals surface area contributed by atoms with E-state index < -0.39 is 18.0 Å². The van der Waals surface area contributed by atoms with E-state index in [1.54, 1.807) is 18.2 Å². The Balaban J connectivity index is 2.40. The van der Waals surface area contributed by atoms with Gasteiger partial charge in [0.15, 0.2) is 6.10 Å². The Morgan fingerprint density at radius 2 is 2.18 bits per heavy atom. The van der Waals surface area contributed by atoms with E-state index in [0.717, 1.165) is 11.8 Å². The van der Waals surface area contributed by atoms with Gasteiger partial charge in [-0.15, -0.1) is 0 Å². The van der Waals surface area contributed by atoms with E-state index >= 15 is 0 Å². The Bertz CT molecular complexity index is 360. The number of rotatable bonds is 5. The van der Waals surface area contributed by atoms with Crippen molar-refractivity contribution in [1.82, 2.24) is 4.98 Å². The van der Waals surface area contributed by atoms with Crippen LogP contribution in [0.3, 0.4) is 0 Å². The molecular weight excluding hydrogens is 255 g/mol. The number of aromatic nitrogens is 1. The van der Waals surface area contributed by atoms with Gasteiger partial charge in [-0.05, 0) is 6.07 Å². The summed E-state index contributed by atoms with van der Waals surface area (Å²) in [5.74, 6) is 0.312. The van der Waals surface area contributed by atoms with Crippen LogP contribution in [0.1, 0.15) is 5.69 Å². The summed E-state index contributed by atoms with van der Waals surface area (Å²) in [6.45, 7) is 0. The maximum atomic E-state index is 12.0. The minimum atomic E-state index is -4.56. The summed E-state index contributed by atoms with van der Waals surface area (Å²) in [7, 11) is 1.46. The standard InChI is InChI=1S/C10H12F3NO2S/c1-16-9-4-2-3-7(14-9)5-17-6-8(15)10(11,12)13/h2-4,8,15H,5-6H2,1H3/t8-/m0/s1. The van der Waals surface area contributed by atoms with Gasteiger partial charge in [0.1, 0.15) is 0 Å². The summed E-state index contributed by atoms with van der Waals surface area (Å²) in [6.07, 6.45) is -6.85. The first-order valence-electron chi connectivity index (χ1n) is 4.76. The van der Waals surface area contributed by atoms with Crippen LogP contribution in [0.25, 0.3) is 0 Å². The van der Waals surface area contributed by atoms with Crippen LogP contribution in [-0.2, 0) is 5.75 Å². The fourth-order valence-corrected chi connectivity index (χ4v) is 1.92. The largest absolute Gasteiger partial charge is 0.481 e. The maximum absolute atomic E-state index is 12.0. The molecule has 1 rings (SSSR count). The van der Waals surface area contributed by atoms with E-state index in [2.05, 4.69) is 4.98 Å². The highest BCUT2D eigenvalue weighted by atomic mass is 32.2. The fourth-order valence-electron chi connectivity index (χ4n) is 1.02. The van der Waals surface area contributed by atoms with Crippen LogP contribution in [0.4, 0.5) is 13.2 Å². The third-order valence-electron chi connectivity index (χ3n) is 1.89. The molecule has 0 aromatic carbocycles. The molecule has 0 amide bonds. The third kappa shape index (κ3) is 4.82. The zero-order valence-corrected chi connectivity index (χ0v) is 9.88. The lowest BCUT2D eigenvalue weighted by Crippen LogP contribution is -2.30. The lowest BCUT2D eigenvalue weighted by Gasteiger charge is -2.13. The zero-order valence-electron chi connectivity index (χ0n) is 9.07. The topological polar surface area (TPSA) is 42.4 Å². The van der Waals surface area contributed by atoms with Crippen LogP contribution >= 0.6 is 11.8 Å². The van der Waals surface area contributed by atoms with Crippen molar-refractivity contribution in [1.29, 1.82) is 0 Å². The summed E-state index contributed by atoms with van der Waals surface area (Å²) in [6, 6.07) is 5.05. The number of thioether (sulfide) groups is 1. The van der Waals surface area contributed by atoms with Crippen molar-refractivity contribution < 1.29 is 23.0 Å². The van der Waals surface area contributed by atoms with E-state index in [1.165, 1.54) is 7.11 Å². The summed E-state index contributed by atoms with van der Waals surface area (Å²) < 4.78 is 40.9. The molecule has 1 atom stereocenters. The summed E-state index contributed by atoms with van der Waals surface area (Å²) in [5, 5.41) is 8.77. The first-order valence-corrected chi connectivity index (χ1v) is 5.91. The number of methoxy groups -OCH3 is 1. The molecule has 1 heterocycles. The molecule has 0 saturated heterocycles. The number of alkyl halides is 3. The smallest absolute Gasteiger partial charge is 0.415 e. The minimum absolute atomic E-state index is 0.296. The molecule has 1 aromatic heterocycles. The van der Waals surface area contributed by atoms with Gasteiger partial charge in [-0.25, -0.2) is 4.98 Å². The number of nitrogens with zero attached hydrogens (tertiary/aromatic N) is 1. The number of hydrogen-bond acceptors (Lipinski definition) is 4. The summed E-state index contributed by atoms with van der Waals surface area (Å²) >= 11 is 0.972. The molecule has 96 valence electrons. The molecule has 3 nitrogen and oxygen atoms in total. The molecule has 0 aliphatic carbocycles. The highest BCUT2D eigenvalue weighted by Crippen LogP contribution is 2.24. The first-order chi connectivity index (χ1) is 7.93. The lowest BCUT2D eigenvalue weighted by atomic mass is 10.4. The molecule has 0 aliphatic heterocycles. The van der Waals surface area contributed by atoms with Gasteiger partial charge in [-0.1, -0.05) is 6.07 Å². The van der Waals surface area contributed by atoms with Gasteiger partial charge in [0.05, 0.1) is 12.8 Å². The number of hydrogen-bond donors (Lipinski definition) is 1. The van der Waals surface area contributed by atoms with Crippen LogP contribution in [0, 0.1) is 0 Å². The van der Waals surface area contributed by atoms with E-state index in [1.807, 2.05) is 0 Å². The predicted molar refractivity (Wildman–Crippen MR) is 59.0 cm³/mol. The van der Waals surface area contributed by atoms with Crippen molar-refractivity contribution in [2.24, 2.45) is 0 Å². The van der Waals surface area contributed by atoms with Gasteiger partial charge < -0.3 is 9.84 Å². The van der Waals surface area contributed by atoms with Crippen LogP contribution in [-0.4, -0.2) is 35.2 Å². The highest BCUT2D eigenvalue weighted by Gasteiger charge is 2.37. The van der Waals surface area contributed by atoms with E-state index in [4.69, 9.17) is 9.84 Å². The number of ether oxygens (including phenoxy) is 1. The predicted octanol–water partition coefficient (Wildman–Crippen LogP) is 2.25. The summed E-state index contributed by atoms with van der Waals surface area (Å²) in [5.41, 5.74) is 0.615. The second-order valence-electron chi connectivity index (χ2n) is 3.24. The van der Waals surface area contributed by atoms with Gasteiger partial charge in [0, 0.05) is 17.6 Å². The second-order valence-corrected chi connectivity index (χ2v) is 4.27. The van der Waals surface area contributed by atoms with Crippen molar-refractivity contribution in [3.05, 3.63) is 23.9 Å². The average Bonchev–Trinajstić information content (AvgIpc) is 2.28. The van der Waals surface area contributed by atoms with Crippen LogP contribution in [0.15, 0.2) is 18.2 Å². The number of pyridine rings is 1. The molecule has 1 aromatic rings. The summed E-state index contributed by atoms with van der Waals surface area (Å²) in [4.78, 5) is 4.04. The van der Waals surface area contributed by atoms with E-state index in [-0.39, 0.29) is 0 Å². The van der Waals surface area contributed by atoms with Crippen LogP contribution in [0.5, 0.6) is 5.88 Å². The van der Waals surface area contributed by atoms with Crippen molar-refractivity contribution in [3.8, 4) is 5.88 Å². The molecular formula is C10H12F3NO2S. The molecule has 0 spiro atoms. The Labute approximate surface area is 101 Å². The Kier molecular flexibility index (Phi) is 5.07. The SMILES string of the molecule is COc1cccc(CSC[C@H](O)C(F)(F)F)n1. The Morgan fingerprint density at radius 1 is 1.47 bits per heavy atom. The van der Waals surface area contributed by atoms with Crippen molar-refractivity contribution in [2.75, 3.05) is 12.9 Å². The highest BCUT2D eigenvalue weighted by molar-refractivity contribution is 7.98. The quantitative estimate of drug-likeness (QED) is 0.888. The molecule has 0 bridgehead atoms. The molecule has 0 saturated carbocycles. The van der Waals surface area contributed by atoms with Gasteiger partial charge in [-0.3, -0.25) is 0 Å². The Hall–Kier alpha value is -0.950. The second kappa shape index (κ2) is 6.11. The number of aliphatic hydroxyl groups is 1.